The zero-order valence-corrected chi connectivity index (χ0v) is 7.93. The van der Waals surface area contributed by atoms with Crippen LogP contribution in [0.4, 0.5) is 4.79 Å². The number of rotatable bonds is 3. The summed E-state index contributed by atoms with van der Waals surface area (Å²) in [6.45, 7) is 2.09. The fraction of sp³-hybridized carbons (Fsp3) is 0.182. The topological polar surface area (TPSA) is 46.5 Å². The molecule has 0 aromatic heterocycles. The van der Waals surface area contributed by atoms with Crippen LogP contribution in [0.5, 0.6) is 0 Å². The molecular weight excluding hydrogens is 180 g/mol. The third kappa shape index (κ3) is 3.76. The summed E-state index contributed by atoms with van der Waals surface area (Å²) < 4.78 is 4.32. The molecule has 0 atom stereocenters. The molecule has 3 heteroatoms. The monoisotopic (exact) mass is 192 g/mol. The number of aryl methyl sites for hydroxylation is 1. The number of benzene rings is 1. The number of ether oxygens (including phenoxy) is 1. The zero-order valence-electron chi connectivity index (χ0n) is 7.93. The van der Waals surface area contributed by atoms with Crippen molar-refractivity contribution in [2.75, 3.05) is 6.61 Å². The summed E-state index contributed by atoms with van der Waals surface area (Å²) in [4.78, 5) is 10.0. The molecule has 0 aliphatic carbocycles. The summed E-state index contributed by atoms with van der Waals surface area (Å²) in [5.41, 5.74) is 2.21. The molecule has 3 nitrogen and oxygen atoms in total. The predicted molar refractivity (Wildman–Crippen MR) is 54.2 cm³/mol. The third-order valence-corrected chi connectivity index (χ3v) is 1.66. The Hall–Kier alpha value is -1.77. The van der Waals surface area contributed by atoms with E-state index in [1.807, 2.05) is 37.3 Å². The number of hydrogen-bond donors (Lipinski definition) is 1. The summed E-state index contributed by atoms with van der Waals surface area (Å²) in [7, 11) is 0. The van der Waals surface area contributed by atoms with Gasteiger partial charge in [-0.05, 0) is 18.6 Å². The van der Waals surface area contributed by atoms with Crippen molar-refractivity contribution in [2.24, 2.45) is 0 Å². The largest absolute Gasteiger partial charge is 0.506 e. The normalized spacial score (nSPS) is 10.4. The van der Waals surface area contributed by atoms with Crippen LogP contribution in [0.15, 0.2) is 30.3 Å². The average molecular weight is 192 g/mol. The summed E-state index contributed by atoms with van der Waals surface area (Å²) in [5.74, 6) is 0. The van der Waals surface area contributed by atoms with Gasteiger partial charge < -0.3 is 9.84 Å². The number of hydrogen-bond acceptors (Lipinski definition) is 2. The van der Waals surface area contributed by atoms with Crippen molar-refractivity contribution in [1.29, 1.82) is 0 Å². The van der Waals surface area contributed by atoms with Gasteiger partial charge in [-0.15, -0.1) is 0 Å². The Labute approximate surface area is 82.6 Å². The van der Waals surface area contributed by atoms with Crippen molar-refractivity contribution in [2.45, 2.75) is 6.92 Å². The second kappa shape index (κ2) is 5.07. The lowest BCUT2D eigenvalue weighted by Gasteiger charge is -1.96. The lowest BCUT2D eigenvalue weighted by atomic mass is 10.1. The smallest absolute Gasteiger partial charge is 0.450 e. The molecular formula is C11H12O3. The first-order valence-electron chi connectivity index (χ1n) is 4.27. The highest BCUT2D eigenvalue weighted by Crippen LogP contribution is 2.05. The Balaban J connectivity index is 2.47. The van der Waals surface area contributed by atoms with E-state index in [1.165, 1.54) is 5.56 Å². The lowest BCUT2D eigenvalue weighted by Crippen LogP contribution is -1.98. The van der Waals surface area contributed by atoms with Crippen molar-refractivity contribution in [3.8, 4) is 0 Å². The minimum atomic E-state index is -1.25. The van der Waals surface area contributed by atoms with Crippen molar-refractivity contribution in [3.05, 3.63) is 41.5 Å². The molecule has 1 aromatic carbocycles. The summed E-state index contributed by atoms with van der Waals surface area (Å²) >= 11 is 0. The predicted octanol–water partition coefficient (Wildman–Crippen LogP) is 2.70. The molecule has 0 amide bonds. The molecule has 14 heavy (non-hydrogen) atoms. The van der Waals surface area contributed by atoms with Crippen LogP contribution in [0.2, 0.25) is 0 Å². The molecule has 0 fully saturated rings. The average Bonchev–Trinajstić information content (AvgIpc) is 2.12. The van der Waals surface area contributed by atoms with Crippen LogP contribution in [0.1, 0.15) is 11.1 Å². The van der Waals surface area contributed by atoms with Gasteiger partial charge in [0.15, 0.2) is 0 Å². The van der Waals surface area contributed by atoms with Gasteiger partial charge in [0.25, 0.3) is 0 Å². The summed E-state index contributed by atoms with van der Waals surface area (Å²) in [5, 5.41) is 8.20. The molecule has 1 N–H and O–H groups in total. The maximum absolute atomic E-state index is 10.0. The Kier molecular flexibility index (Phi) is 3.73. The molecule has 0 saturated heterocycles. The first kappa shape index (κ1) is 10.3. The highest BCUT2D eigenvalue weighted by atomic mass is 16.7. The molecule has 0 spiro atoms. The first-order chi connectivity index (χ1) is 6.68. The summed E-state index contributed by atoms with van der Waals surface area (Å²) in [6, 6.07) is 7.92. The molecule has 0 radical (unpaired) electrons. The minimum absolute atomic E-state index is 0.0866. The van der Waals surface area contributed by atoms with Crippen LogP contribution in [0.25, 0.3) is 6.08 Å². The van der Waals surface area contributed by atoms with Crippen LogP contribution in [-0.2, 0) is 4.74 Å². The van der Waals surface area contributed by atoms with Gasteiger partial charge in [0, 0.05) is 0 Å². The molecule has 0 aliphatic rings. The second-order valence-corrected chi connectivity index (χ2v) is 2.89. The van der Waals surface area contributed by atoms with E-state index in [4.69, 9.17) is 5.11 Å². The van der Waals surface area contributed by atoms with Crippen LogP contribution < -0.4 is 0 Å². The Bertz CT molecular complexity index is 342. The quantitative estimate of drug-likeness (QED) is 0.749. The molecule has 0 unspecified atom stereocenters. The Morgan fingerprint density at radius 2 is 2.36 bits per heavy atom. The van der Waals surface area contributed by atoms with E-state index >= 15 is 0 Å². The van der Waals surface area contributed by atoms with Crippen molar-refractivity contribution in [3.63, 3.8) is 0 Å². The first-order valence-corrected chi connectivity index (χ1v) is 4.27. The Morgan fingerprint density at radius 1 is 1.57 bits per heavy atom. The maximum atomic E-state index is 10.0. The van der Waals surface area contributed by atoms with E-state index < -0.39 is 6.16 Å². The van der Waals surface area contributed by atoms with Gasteiger partial charge in [-0.25, -0.2) is 4.79 Å². The highest BCUT2D eigenvalue weighted by molar-refractivity contribution is 5.57. The Morgan fingerprint density at radius 3 is 3.00 bits per heavy atom. The second-order valence-electron chi connectivity index (χ2n) is 2.89. The molecule has 0 bridgehead atoms. The third-order valence-electron chi connectivity index (χ3n) is 1.66. The van der Waals surface area contributed by atoms with Gasteiger partial charge >= 0.3 is 6.16 Å². The van der Waals surface area contributed by atoms with E-state index in [1.54, 1.807) is 6.08 Å². The van der Waals surface area contributed by atoms with Gasteiger partial charge in [-0.2, -0.15) is 0 Å². The molecule has 0 heterocycles. The molecule has 0 aliphatic heterocycles. The van der Waals surface area contributed by atoms with E-state index in [9.17, 15) is 4.79 Å². The van der Waals surface area contributed by atoms with E-state index in [2.05, 4.69) is 4.74 Å². The lowest BCUT2D eigenvalue weighted by molar-refractivity contribution is 0.102. The van der Waals surface area contributed by atoms with Crippen molar-refractivity contribution < 1.29 is 14.6 Å². The van der Waals surface area contributed by atoms with Crippen molar-refractivity contribution >= 4 is 12.2 Å². The van der Waals surface area contributed by atoms with Crippen molar-refractivity contribution in [1.82, 2.24) is 0 Å². The minimum Gasteiger partial charge on any atom is -0.450 e. The fourth-order valence-corrected chi connectivity index (χ4v) is 1.08. The van der Waals surface area contributed by atoms with Gasteiger partial charge in [0.2, 0.25) is 0 Å². The van der Waals surface area contributed by atoms with Crippen LogP contribution in [0, 0.1) is 6.92 Å². The van der Waals surface area contributed by atoms with E-state index in [-0.39, 0.29) is 6.61 Å². The SMILES string of the molecule is Cc1cccc(C=CCOC(=O)O)c1. The van der Waals surface area contributed by atoms with Gasteiger partial charge in [0.05, 0.1) is 0 Å². The maximum Gasteiger partial charge on any atom is 0.506 e. The highest BCUT2D eigenvalue weighted by Gasteiger charge is 1.91. The van der Waals surface area contributed by atoms with Gasteiger partial charge in [-0.1, -0.05) is 35.9 Å². The standard InChI is InChI=1S/C11H12O3/c1-9-4-2-5-10(8-9)6-3-7-14-11(12)13/h2-6,8H,7H2,1H3,(H,12,13). The molecule has 1 aromatic rings. The van der Waals surface area contributed by atoms with Gasteiger partial charge in [-0.3, -0.25) is 0 Å². The van der Waals surface area contributed by atoms with Crippen LogP contribution >= 0.6 is 0 Å². The van der Waals surface area contributed by atoms with E-state index in [0.29, 0.717) is 0 Å². The van der Waals surface area contributed by atoms with Crippen LogP contribution in [-0.4, -0.2) is 17.9 Å². The molecule has 1 rings (SSSR count). The number of carboxylic acid groups (broad SMARTS) is 1. The summed E-state index contributed by atoms with van der Waals surface area (Å²) in [6.07, 6.45) is 2.25. The molecule has 74 valence electrons. The fourth-order valence-electron chi connectivity index (χ4n) is 1.08. The molecule has 0 saturated carbocycles. The van der Waals surface area contributed by atoms with E-state index in [0.717, 1.165) is 5.56 Å². The van der Waals surface area contributed by atoms with Gasteiger partial charge in [0.1, 0.15) is 6.61 Å². The van der Waals surface area contributed by atoms with Crippen LogP contribution in [0.3, 0.4) is 0 Å². The zero-order chi connectivity index (χ0) is 10.4. The number of carbonyl (C=O) groups is 1.